The summed E-state index contributed by atoms with van der Waals surface area (Å²) in [5.41, 5.74) is 3.46. The fraction of sp³-hybridized carbons (Fsp3) is 0.409. The summed E-state index contributed by atoms with van der Waals surface area (Å²) in [6.45, 7) is 4.62. The molecule has 0 aliphatic carbocycles. The highest BCUT2D eigenvalue weighted by atomic mass is 16.5. The Morgan fingerprint density at radius 3 is 2.81 bits per heavy atom. The van der Waals surface area contributed by atoms with Crippen molar-refractivity contribution < 1.29 is 9.47 Å². The van der Waals surface area contributed by atoms with E-state index < -0.39 is 0 Å². The highest BCUT2D eigenvalue weighted by molar-refractivity contribution is 5.76. The molecule has 2 heterocycles. The fourth-order valence-electron chi connectivity index (χ4n) is 3.63. The molecule has 4 heteroatoms. The van der Waals surface area contributed by atoms with Gasteiger partial charge in [0.15, 0.2) is 0 Å². The zero-order valence-corrected chi connectivity index (χ0v) is 15.4. The molecule has 4 rings (SSSR count). The molecule has 0 bridgehead atoms. The van der Waals surface area contributed by atoms with E-state index in [1.165, 1.54) is 11.1 Å². The topological polar surface area (TPSA) is 36.3 Å². The number of aromatic nitrogens is 2. The van der Waals surface area contributed by atoms with Crippen LogP contribution in [0, 0.1) is 6.92 Å². The van der Waals surface area contributed by atoms with Gasteiger partial charge in [-0.25, -0.2) is 4.98 Å². The van der Waals surface area contributed by atoms with Crippen molar-refractivity contribution in [3.63, 3.8) is 0 Å². The van der Waals surface area contributed by atoms with E-state index >= 15 is 0 Å². The molecular formula is C22H26N2O2. The lowest BCUT2D eigenvalue weighted by atomic mass is 10.2. The third-order valence-electron chi connectivity index (χ3n) is 5.03. The minimum Gasteiger partial charge on any atom is -0.493 e. The monoisotopic (exact) mass is 350 g/mol. The molecule has 0 saturated carbocycles. The van der Waals surface area contributed by atoms with E-state index in [4.69, 9.17) is 14.5 Å². The molecule has 4 nitrogen and oxygen atoms in total. The molecule has 1 atom stereocenters. The second-order valence-corrected chi connectivity index (χ2v) is 6.93. The molecule has 136 valence electrons. The Morgan fingerprint density at radius 2 is 1.96 bits per heavy atom. The highest BCUT2D eigenvalue weighted by Crippen LogP contribution is 2.30. The second kappa shape index (κ2) is 7.92. The molecule has 3 aromatic rings. The number of para-hydroxylation sites is 3. The molecule has 2 aromatic carbocycles. The van der Waals surface area contributed by atoms with Crippen molar-refractivity contribution in [3.8, 4) is 5.75 Å². The van der Waals surface area contributed by atoms with Crippen molar-refractivity contribution >= 4 is 11.0 Å². The van der Waals surface area contributed by atoms with E-state index in [9.17, 15) is 0 Å². The van der Waals surface area contributed by atoms with Crippen LogP contribution >= 0.6 is 0 Å². The van der Waals surface area contributed by atoms with Crippen LogP contribution in [-0.2, 0) is 11.3 Å². The van der Waals surface area contributed by atoms with E-state index in [1.54, 1.807) is 0 Å². The lowest BCUT2D eigenvalue weighted by molar-refractivity contribution is 0.102. The summed E-state index contributed by atoms with van der Waals surface area (Å²) in [6, 6.07) is 16.6. The van der Waals surface area contributed by atoms with Gasteiger partial charge in [0.05, 0.1) is 17.6 Å². The Balaban J connectivity index is 1.40. The summed E-state index contributed by atoms with van der Waals surface area (Å²) in [4.78, 5) is 4.86. The minimum absolute atomic E-state index is 0.144. The zero-order valence-electron chi connectivity index (χ0n) is 15.4. The first-order valence-corrected chi connectivity index (χ1v) is 9.58. The predicted molar refractivity (Wildman–Crippen MR) is 104 cm³/mol. The summed E-state index contributed by atoms with van der Waals surface area (Å²) in [5, 5.41) is 0. The van der Waals surface area contributed by atoms with Crippen LogP contribution in [0.3, 0.4) is 0 Å². The van der Waals surface area contributed by atoms with Gasteiger partial charge in [-0.1, -0.05) is 30.3 Å². The van der Waals surface area contributed by atoms with Crippen LogP contribution in [-0.4, -0.2) is 22.8 Å². The van der Waals surface area contributed by atoms with E-state index in [-0.39, 0.29) is 6.10 Å². The average Bonchev–Trinajstić information content (AvgIpc) is 3.31. The maximum Gasteiger partial charge on any atom is 0.139 e. The van der Waals surface area contributed by atoms with Crippen LogP contribution in [0.2, 0.25) is 0 Å². The lowest BCUT2D eigenvalue weighted by Crippen LogP contribution is -2.10. The number of fused-ring (bicyclic) bond motifs is 1. The molecular weight excluding hydrogens is 324 g/mol. The van der Waals surface area contributed by atoms with E-state index in [0.29, 0.717) is 0 Å². The molecule has 1 fully saturated rings. The van der Waals surface area contributed by atoms with Gasteiger partial charge in [-0.3, -0.25) is 0 Å². The van der Waals surface area contributed by atoms with Crippen molar-refractivity contribution in [1.82, 2.24) is 9.55 Å². The number of rotatable bonds is 7. The summed E-state index contributed by atoms with van der Waals surface area (Å²) in [7, 11) is 0. The molecule has 1 saturated heterocycles. The highest BCUT2D eigenvalue weighted by Gasteiger charge is 2.24. The van der Waals surface area contributed by atoms with E-state index in [0.717, 1.165) is 62.5 Å². The first kappa shape index (κ1) is 17.1. The molecule has 1 aliphatic heterocycles. The zero-order chi connectivity index (χ0) is 17.8. The van der Waals surface area contributed by atoms with Gasteiger partial charge in [0, 0.05) is 13.2 Å². The summed E-state index contributed by atoms with van der Waals surface area (Å²) >= 11 is 0. The number of benzene rings is 2. The number of hydrogen-bond donors (Lipinski definition) is 0. The Bertz CT molecular complexity index is 865. The van der Waals surface area contributed by atoms with Gasteiger partial charge in [0.2, 0.25) is 0 Å². The lowest BCUT2D eigenvalue weighted by Gasteiger charge is -2.14. The number of aryl methyl sites for hydroxylation is 2. The molecule has 26 heavy (non-hydrogen) atoms. The van der Waals surface area contributed by atoms with Gasteiger partial charge in [0.25, 0.3) is 0 Å². The van der Waals surface area contributed by atoms with Crippen LogP contribution in [0.5, 0.6) is 5.75 Å². The largest absolute Gasteiger partial charge is 0.493 e. The Kier molecular flexibility index (Phi) is 5.21. The van der Waals surface area contributed by atoms with Crippen molar-refractivity contribution in [2.75, 3.05) is 13.2 Å². The van der Waals surface area contributed by atoms with Crippen LogP contribution < -0.4 is 4.74 Å². The van der Waals surface area contributed by atoms with Gasteiger partial charge < -0.3 is 14.0 Å². The van der Waals surface area contributed by atoms with Gasteiger partial charge in [-0.15, -0.1) is 0 Å². The second-order valence-electron chi connectivity index (χ2n) is 6.93. The third kappa shape index (κ3) is 3.61. The Labute approximate surface area is 154 Å². The Morgan fingerprint density at radius 1 is 1.12 bits per heavy atom. The van der Waals surface area contributed by atoms with E-state index in [2.05, 4.69) is 41.8 Å². The predicted octanol–water partition coefficient (Wildman–Crippen LogP) is 5.06. The normalized spacial score (nSPS) is 17.0. The number of hydrogen-bond acceptors (Lipinski definition) is 3. The number of nitrogens with zero attached hydrogens (tertiary/aromatic N) is 2. The van der Waals surface area contributed by atoms with Crippen molar-refractivity contribution in [1.29, 1.82) is 0 Å². The standard InChI is InChI=1S/C22H26N2O2/c1-17-9-2-5-12-20(17)25-15-7-6-14-24-19-11-4-3-10-18(19)23-22(24)21-13-8-16-26-21/h2-5,9-12,21H,6-8,13-16H2,1H3. The maximum absolute atomic E-state index is 5.92. The van der Waals surface area contributed by atoms with Crippen molar-refractivity contribution in [3.05, 3.63) is 59.9 Å². The van der Waals surface area contributed by atoms with Crippen molar-refractivity contribution in [2.24, 2.45) is 0 Å². The van der Waals surface area contributed by atoms with Gasteiger partial charge in [0.1, 0.15) is 17.7 Å². The fourth-order valence-corrected chi connectivity index (χ4v) is 3.63. The molecule has 0 radical (unpaired) electrons. The van der Waals surface area contributed by atoms with Crippen LogP contribution in [0.15, 0.2) is 48.5 Å². The van der Waals surface area contributed by atoms with Crippen LogP contribution in [0.4, 0.5) is 0 Å². The molecule has 0 spiro atoms. The van der Waals surface area contributed by atoms with E-state index in [1.807, 2.05) is 18.2 Å². The van der Waals surface area contributed by atoms with Gasteiger partial charge in [-0.05, 0) is 56.4 Å². The minimum atomic E-state index is 0.144. The first-order valence-electron chi connectivity index (χ1n) is 9.58. The van der Waals surface area contributed by atoms with Gasteiger partial charge in [-0.2, -0.15) is 0 Å². The SMILES string of the molecule is Cc1ccccc1OCCCCn1c(C2CCCO2)nc2ccccc21. The summed E-state index contributed by atoms with van der Waals surface area (Å²) < 4.78 is 14.2. The molecule has 0 amide bonds. The average molecular weight is 350 g/mol. The third-order valence-corrected chi connectivity index (χ3v) is 5.03. The maximum atomic E-state index is 5.92. The number of imidazole rings is 1. The molecule has 1 aliphatic rings. The summed E-state index contributed by atoms with van der Waals surface area (Å²) in [5.74, 6) is 2.07. The first-order chi connectivity index (χ1) is 12.8. The Hall–Kier alpha value is -2.33. The van der Waals surface area contributed by atoms with Crippen LogP contribution in [0.25, 0.3) is 11.0 Å². The smallest absolute Gasteiger partial charge is 0.139 e. The molecule has 1 aromatic heterocycles. The number of ether oxygens (including phenoxy) is 2. The van der Waals surface area contributed by atoms with Crippen molar-refractivity contribution in [2.45, 2.75) is 45.3 Å². The number of unbranched alkanes of at least 4 members (excludes halogenated alkanes) is 1. The molecule has 1 unspecified atom stereocenters. The van der Waals surface area contributed by atoms with Gasteiger partial charge >= 0.3 is 0 Å². The summed E-state index contributed by atoms with van der Waals surface area (Å²) in [6.07, 6.45) is 4.42. The van der Waals surface area contributed by atoms with Crippen LogP contribution in [0.1, 0.15) is 43.2 Å². The molecule has 0 N–H and O–H groups in total. The quantitative estimate of drug-likeness (QED) is 0.559.